The van der Waals surface area contributed by atoms with E-state index >= 15 is 4.39 Å². The average Bonchev–Trinajstić information content (AvgIpc) is 3.73. The van der Waals surface area contributed by atoms with E-state index in [0.29, 0.717) is 42.0 Å². The van der Waals surface area contributed by atoms with Crippen LogP contribution in [0.2, 0.25) is 0 Å². The third-order valence-corrected chi connectivity index (χ3v) is 10.6. The van der Waals surface area contributed by atoms with Crippen LogP contribution in [0, 0.1) is 18.2 Å². The third-order valence-electron chi connectivity index (χ3n) is 10.6. The summed E-state index contributed by atoms with van der Waals surface area (Å²) in [5, 5.41) is 2.19. The van der Waals surface area contributed by atoms with Gasteiger partial charge in [-0.3, -0.25) is 14.8 Å². The highest BCUT2D eigenvalue weighted by Gasteiger charge is 2.46. The van der Waals surface area contributed by atoms with E-state index < -0.39 is 11.4 Å². The Hall–Kier alpha value is -4.49. The number of carbonyl (C=O) groups excluding carboxylic acids is 1. The van der Waals surface area contributed by atoms with E-state index in [2.05, 4.69) is 15.7 Å². The molecule has 8 rings (SSSR count). The van der Waals surface area contributed by atoms with E-state index in [9.17, 15) is 4.79 Å². The number of rotatable bonds is 5. The zero-order chi connectivity index (χ0) is 33.2. The van der Waals surface area contributed by atoms with Crippen molar-refractivity contribution >= 4 is 33.6 Å². The fourth-order valence-corrected chi connectivity index (χ4v) is 8.52. The number of amides is 1. The summed E-state index contributed by atoms with van der Waals surface area (Å²) in [4.78, 5) is 34.1. The second kappa shape index (κ2) is 11.6. The first-order chi connectivity index (χ1) is 23.1. The van der Waals surface area contributed by atoms with Gasteiger partial charge in [-0.2, -0.15) is 9.97 Å². The molecule has 0 spiro atoms. The third kappa shape index (κ3) is 5.20. The summed E-state index contributed by atoms with van der Waals surface area (Å²) in [6.07, 6.45) is 13.4. The van der Waals surface area contributed by atoms with E-state index in [0.717, 1.165) is 62.4 Å². The average molecular weight is 649 g/mol. The maximum atomic E-state index is 16.9. The largest absolute Gasteiger partial charge is 0.461 e. The molecule has 2 bridgehead atoms. The van der Waals surface area contributed by atoms with Crippen molar-refractivity contribution in [2.24, 2.45) is 0 Å². The molecule has 0 saturated carbocycles. The van der Waals surface area contributed by atoms with Crippen LogP contribution in [0.3, 0.4) is 0 Å². The fraction of sp³-hybridized carbons (Fsp3) is 0.474. The molecule has 10 heteroatoms. The fourth-order valence-electron chi connectivity index (χ4n) is 8.52. The van der Waals surface area contributed by atoms with Crippen LogP contribution in [-0.4, -0.2) is 86.9 Å². The lowest BCUT2D eigenvalue weighted by atomic mass is 9.95. The van der Waals surface area contributed by atoms with Crippen LogP contribution in [0.25, 0.3) is 32.9 Å². The second-order valence-corrected chi connectivity index (χ2v) is 14.8. The van der Waals surface area contributed by atoms with Crippen molar-refractivity contribution < 1.29 is 18.7 Å². The van der Waals surface area contributed by atoms with Gasteiger partial charge in [-0.05, 0) is 83.8 Å². The van der Waals surface area contributed by atoms with Gasteiger partial charge in [0.25, 0.3) is 0 Å². The Morgan fingerprint density at radius 1 is 1.06 bits per heavy atom. The summed E-state index contributed by atoms with van der Waals surface area (Å²) >= 11 is 0. The molecule has 2 unspecified atom stereocenters. The molecule has 4 aliphatic heterocycles. The maximum Gasteiger partial charge on any atom is 0.410 e. The minimum absolute atomic E-state index is 0.0207. The van der Waals surface area contributed by atoms with Gasteiger partial charge >= 0.3 is 12.1 Å². The monoisotopic (exact) mass is 648 g/mol. The van der Waals surface area contributed by atoms with Crippen molar-refractivity contribution in [1.29, 1.82) is 0 Å². The Bertz CT molecular complexity index is 1940. The molecule has 4 fully saturated rings. The lowest BCUT2D eigenvalue weighted by Crippen LogP contribution is -2.57. The van der Waals surface area contributed by atoms with Gasteiger partial charge in [-0.15, -0.1) is 6.42 Å². The first-order valence-corrected chi connectivity index (χ1v) is 17.1. The number of pyridine rings is 1. The SMILES string of the molecule is C#Cc1cccc2cccc(-c3ncc4c(N5CC6CCC(C5)N6C(=O)OC(C)(C)C)nc(OCC56CCCN5CCC6)nc4c3F)c12. The van der Waals surface area contributed by atoms with Crippen LogP contribution in [0.4, 0.5) is 15.0 Å². The molecule has 2 aromatic carbocycles. The summed E-state index contributed by atoms with van der Waals surface area (Å²) in [5.41, 5.74) is 1.02. The van der Waals surface area contributed by atoms with Crippen LogP contribution in [0.1, 0.15) is 64.9 Å². The predicted octanol–water partition coefficient (Wildman–Crippen LogP) is 6.56. The van der Waals surface area contributed by atoms with Crippen molar-refractivity contribution in [2.45, 2.75) is 82.5 Å². The van der Waals surface area contributed by atoms with Gasteiger partial charge in [0.1, 0.15) is 29.2 Å². The molecule has 6 heterocycles. The molecule has 248 valence electrons. The zero-order valence-electron chi connectivity index (χ0n) is 27.8. The van der Waals surface area contributed by atoms with E-state index in [1.807, 2.05) is 62.1 Å². The number of fused-ring (bicyclic) bond motifs is 5. The van der Waals surface area contributed by atoms with Gasteiger partial charge < -0.3 is 14.4 Å². The van der Waals surface area contributed by atoms with E-state index in [4.69, 9.17) is 30.8 Å². The molecule has 2 aromatic heterocycles. The number of piperazine rings is 1. The highest BCUT2D eigenvalue weighted by molar-refractivity contribution is 6.02. The lowest BCUT2D eigenvalue weighted by molar-refractivity contribution is 0.0122. The Balaban J connectivity index is 1.21. The smallest absolute Gasteiger partial charge is 0.410 e. The quantitative estimate of drug-likeness (QED) is 0.225. The number of carbonyl (C=O) groups is 1. The first kappa shape index (κ1) is 30.8. The molecule has 48 heavy (non-hydrogen) atoms. The normalized spacial score (nSPS) is 21.9. The van der Waals surface area contributed by atoms with Crippen molar-refractivity contribution in [1.82, 2.24) is 24.8 Å². The molecular weight excluding hydrogens is 607 g/mol. The molecule has 0 N–H and O–H groups in total. The van der Waals surface area contributed by atoms with Crippen LogP contribution in [0.15, 0.2) is 42.6 Å². The molecule has 9 nitrogen and oxygen atoms in total. The molecule has 0 aliphatic carbocycles. The van der Waals surface area contributed by atoms with Crippen molar-refractivity contribution in [3.63, 3.8) is 0 Å². The molecule has 0 radical (unpaired) electrons. The number of ether oxygens (including phenoxy) is 2. The Morgan fingerprint density at radius 2 is 1.77 bits per heavy atom. The number of aromatic nitrogens is 3. The van der Waals surface area contributed by atoms with Gasteiger partial charge in [-0.1, -0.05) is 36.3 Å². The number of anilines is 1. The standard InChI is InChI=1S/C38H41FN6O3/c1-5-24-10-6-11-25-12-7-13-28(30(24)25)32-31(39)33-29(20-40-32)34(42-35(41-33)47-23-38-16-8-18-44(38)19-9-17-38)43-21-26-14-15-27(22-43)45(26)36(46)48-37(2,3)4/h1,6-7,10-13,20,26-27H,8-9,14-19,21-23H2,2-4H3. The van der Waals surface area contributed by atoms with Crippen molar-refractivity contribution in [3.8, 4) is 29.6 Å². The Labute approximate surface area is 280 Å². The maximum absolute atomic E-state index is 16.9. The number of hydrogen-bond acceptors (Lipinski definition) is 8. The highest BCUT2D eigenvalue weighted by atomic mass is 19.1. The topological polar surface area (TPSA) is 83.9 Å². The number of hydrogen-bond donors (Lipinski definition) is 0. The van der Waals surface area contributed by atoms with Gasteiger partial charge in [0, 0.05) is 35.8 Å². The number of nitrogens with zero attached hydrogens (tertiary/aromatic N) is 6. The summed E-state index contributed by atoms with van der Waals surface area (Å²) < 4.78 is 29.1. The highest BCUT2D eigenvalue weighted by Crippen LogP contribution is 2.41. The molecule has 4 aliphatic rings. The predicted molar refractivity (Wildman–Crippen MR) is 184 cm³/mol. The molecular formula is C38H41FN6O3. The van der Waals surface area contributed by atoms with Crippen LogP contribution in [-0.2, 0) is 4.74 Å². The van der Waals surface area contributed by atoms with Gasteiger partial charge in [0.2, 0.25) is 0 Å². The molecule has 1 amide bonds. The second-order valence-electron chi connectivity index (χ2n) is 14.8. The number of terminal acetylenes is 1. The van der Waals surface area contributed by atoms with Crippen LogP contribution >= 0.6 is 0 Å². The minimum atomic E-state index is -0.581. The van der Waals surface area contributed by atoms with Crippen molar-refractivity contribution in [3.05, 3.63) is 54.0 Å². The van der Waals surface area contributed by atoms with Gasteiger partial charge in [-0.25, -0.2) is 9.18 Å². The molecule has 2 atom stereocenters. The van der Waals surface area contributed by atoms with E-state index in [-0.39, 0.29) is 40.9 Å². The van der Waals surface area contributed by atoms with Crippen LogP contribution < -0.4 is 9.64 Å². The Kier molecular flexibility index (Phi) is 7.44. The summed E-state index contributed by atoms with van der Waals surface area (Å²) in [6, 6.07) is 11.5. The summed E-state index contributed by atoms with van der Waals surface area (Å²) in [7, 11) is 0. The Morgan fingerprint density at radius 3 is 2.46 bits per heavy atom. The number of benzene rings is 2. The molecule has 4 aromatic rings. The summed E-state index contributed by atoms with van der Waals surface area (Å²) in [5.74, 6) is 2.78. The number of halogens is 1. The van der Waals surface area contributed by atoms with Crippen molar-refractivity contribution in [2.75, 3.05) is 37.7 Å². The van der Waals surface area contributed by atoms with E-state index in [1.54, 1.807) is 6.20 Å². The lowest BCUT2D eigenvalue weighted by Gasteiger charge is -2.42. The van der Waals surface area contributed by atoms with Gasteiger partial charge in [0.15, 0.2) is 5.82 Å². The summed E-state index contributed by atoms with van der Waals surface area (Å²) in [6.45, 7) is 9.34. The molecule has 4 saturated heterocycles. The first-order valence-electron chi connectivity index (χ1n) is 17.1. The van der Waals surface area contributed by atoms with Gasteiger partial charge in [0.05, 0.1) is 23.0 Å². The minimum Gasteiger partial charge on any atom is -0.461 e. The van der Waals surface area contributed by atoms with Crippen LogP contribution in [0.5, 0.6) is 6.01 Å². The zero-order valence-corrected chi connectivity index (χ0v) is 27.8. The van der Waals surface area contributed by atoms with E-state index in [1.165, 1.54) is 0 Å².